The summed E-state index contributed by atoms with van der Waals surface area (Å²) in [6, 6.07) is 7.30. The normalized spacial score (nSPS) is 19.8. The molecule has 142 valence electrons. The third-order valence-corrected chi connectivity index (χ3v) is 4.23. The van der Waals surface area contributed by atoms with Gasteiger partial charge in [0, 0.05) is 31.7 Å². The number of benzene rings is 1. The van der Waals surface area contributed by atoms with Crippen LogP contribution in [0.15, 0.2) is 29.3 Å². The Balaban J connectivity index is 0.00000312. The van der Waals surface area contributed by atoms with Gasteiger partial charge in [-0.15, -0.1) is 24.0 Å². The number of nitrogens with one attached hydrogen (secondary N) is 2. The molecule has 2 N–H and O–H groups in total. The van der Waals surface area contributed by atoms with Crippen molar-refractivity contribution in [3.63, 3.8) is 0 Å². The molecule has 1 heterocycles. The van der Waals surface area contributed by atoms with Gasteiger partial charge in [-0.3, -0.25) is 4.90 Å². The van der Waals surface area contributed by atoms with Gasteiger partial charge in [-0.2, -0.15) is 0 Å². The van der Waals surface area contributed by atoms with E-state index in [0.717, 1.165) is 44.4 Å². The van der Waals surface area contributed by atoms with E-state index in [2.05, 4.69) is 34.4 Å². The number of morpholine rings is 1. The molecule has 0 radical (unpaired) electrons. The summed E-state index contributed by atoms with van der Waals surface area (Å²) in [4.78, 5) is 7.04. The summed E-state index contributed by atoms with van der Waals surface area (Å²) in [5.74, 6) is 0.566. The smallest absolute Gasteiger partial charge is 0.191 e. The Kier molecular flexibility index (Phi) is 10.3. The van der Waals surface area contributed by atoms with Crippen molar-refractivity contribution in [3.05, 3.63) is 35.6 Å². The van der Waals surface area contributed by atoms with Gasteiger partial charge in [0.15, 0.2) is 5.96 Å². The van der Waals surface area contributed by atoms with Crippen molar-refractivity contribution in [2.24, 2.45) is 4.99 Å². The summed E-state index contributed by atoms with van der Waals surface area (Å²) in [5, 5.41) is 6.66. The summed E-state index contributed by atoms with van der Waals surface area (Å²) < 4.78 is 18.4. The minimum atomic E-state index is -0.221. The van der Waals surface area contributed by atoms with Crippen molar-refractivity contribution in [3.8, 4) is 0 Å². The molecule has 5 nitrogen and oxygen atoms in total. The maximum Gasteiger partial charge on any atom is 0.191 e. The summed E-state index contributed by atoms with van der Waals surface area (Å²) in [5.41, 5.74) is 0.989. The van der Waals surface area contributed by atoms with E-state index in [4.69, 9.17) is 4.74 Å². The highest BCUT2D eigenvalue weighted by Gasteiger charge is 2.23. The molecule has 1 aromatic carbocycles. The molecule has 2 atom stereocenters. The fourth-order valence-electron chi connectivity index (χ4n) is 2.86. The highest BCUT2D eigenvalue weighted by molar-refractivity contribution is 14.0. The first kappa shape index (κ1) is 22.1. The van der Waals surface area contributed by atoms with E-state index in [1.54, 1.807) is 12.1 Å². The SMILES string of the molecule is CCNC(=NCc1ccc(F)cc1)NCC(C)N1CCOCC1C.I. The Bertz CT molecular complexity index is 526. The summed E-state index contributed by atoms with van der Waals surface area (Å²) in [6.45, 7) is 11.2. The van der Waals surface area contributed by atoms with Crippen LogP contribution < -0.4 is 10.6 Å². The molecule has 0 bridgehead atoms. The number of guanidine groups is 1. The lowest BCUT2D eigenvalue weighted by Crippen LogP contribution is -2.53. The minimum Gasteiger partial charge on any atom is -0.379 e. The molecular weight excluding hydrogens is 434 g/mol. The molecular formula is C18H30FIN4O. The average molecular weight is 464 g/mol. The van der Waals surface area contributed by atoms with Gasteiger partial charge in [-0.1, -0.05) is 12.1 Å². The van der Waals surface area contributed by atoms with E-state index in [9.17, 15) is 4.39 Å². The van der Waals surface area contributed by atoms with Gasteiger partial charge in [-0.25, -0.2) is 9.38 Å². The van der Waals surface area contributed by atoms with Crippen molar-refractivity contribution in [1.29, 1.82) is 0 Å². The Morgan fingerprint density at radius 1 is 1.36 bits per heavy atom. The van der Waals surface area contributed by atoms with Crippen LogP contribution in [0.4, 0.5) is 4.39 Å². The Morgan fingerprint density at radius 2 is 2.08 bits per heavy atom. The third-order valence-electron chi connectivity index (χ3n) is 4.23. The van der Waals surface area contributed by atoms with Crippen molar-refractivity contribution in [1.82, 2.24) is 15.5 Å². The van der Waals surface area contributed by atoms with E-state index in [-0.39, 0.29) is 29.8 Å². The van der Waals surface area contributed by atoms with Gasteiger partial charge >= 0.3 is 0 Å². The number of rotatable bonds is 6. The highest BCUT2D eigenvalue weighted by Crippen LogP contribution is 2.10. The van der Waals surface area contributed by atoms with Gasteiger partial charge in [0.1, 0.15) is 5.82 Å². The van der Waals surface area contributed by atoms with Crippen molar-refractivity contribution >= 4 is 29.9 Å². The van der Waals surface area contributed by atoms with Crippen LogP contribution in [-0.4, -0.2) is 55.8 Å². The molecule has 0 aromatic heterocycles. The second kappa shape index (κ2) is 11.6. The molecule has 1 aliphatic heterocycles. The molecule has 0 amide bonds. The Labute approximate surface area is 167 Å². The summed E-state index contributed by atoms with van der Waals surface area (Å²) in [7, 11) is 0. The zero-order valence-corrected chi connectivity index (χ0v) is 17.6. The van der Waals surface area contributed by atoms with Crippen LogP contribution in [0.25, 0.3) is 0 Å². The van der Waals surface area contributed by atoms with E-state index < -0.39 is 0 Å². The van der Waals surface area contributed by atoms with Crippen LogP contribution >= 0.6 is 24.0 Å². The molecule has 0 aliphatic carbocycles. The highest BCUT2D eigenvalue weighted by atomic mass is 127. The van der Waals surface area contributed by atoms with Crippen LogP contribution in [0.1, 0.15) is 26.3 Å². The molecule has 7 heteroatoms. The van der Waals surface area contributed by atoms with Crippen LogP contribution in [0.2, 0.25) is 0 Å². The quantitative estimate of drug-likeness (QED) is 0.386. The molecule has 1 aromatic rings. The number of hydrogen-bond donors (Lipinski definition) is 2. The molecule has 2 unspecified atom stereocenters. The average Bonchev–Trinajstić information content (AvgIpc) is 2.59. The lowest BCUT2D eigenvalue weighted by Gasteiger charge is -2.38. The lowest BCUT2D eigenvalue weighted by atomic mass is 10.2. The maximum atomic E-state index is 13.0. The topological polar surface area (TPSA) is 48.9 Å². The number of ether oxygens (including phenoxy) is 1. The molecule has 1 aliphatic rings. The van der Waals surface area contributed by atoms with Gasteiger partial charge in [0.25, 0.3) is 0 Å². The maximum absolute atomic E-state index is 13.0. The third kappa shape index (κ3) is 7.45. The standard InChI is InChI=1S/C18H29FN4O.HI/c1-4-20-18(22-12-16-5-7-17(19)8-6-16)21-11-14(2)23-9-10-24-13-15(23)3;/h5-8,14-15H,4,9-13H2,1-3H3,(H2,20,21,22);1H. The monoisotopic (exact) mass is 464 g/mol. The fraction of sp³-hybridized carbons (Fsp3) is 0.611. The van der Waals surface area contributed by atoms with E-state index in [1.165, 1.54) is 12.1 Å². The van der Waals surface area contributed by atoms with Gasteiger partial charge in [-0.05, 0) is 38.5 Å². The second-order valence-electron chi connectivity index (χ2n) is 6.21. The first-order valence-corrected chi connectivity index (χ1v) is 8.70. The molecule has 1 saturated heterocycles. The summed E-state index contributed by atoms with van der Waals surface area (Å²) in [6.07, 6.45) is 0. The number of halogens is 2. The molecule has 25 heavy (non-hydrogen) atoms. The molecule has 0 spiro atoms. The van der Waals surface area contributed by atoms with E-state index >= 15 is 0 Å². The second-order valence-corrected chi connectivity index (χ2v) is 6.21. The predicted octanol–water partition coefficient (Wildman–Crippen LogP) is 2.61. The summed E-state index contributed by atoms with van der Waals surface area (Å²) >= 11 is 0. The van der Waals surface area contributed by atoms with Crippen molar-refractivity contribution < 1.29 is 9.13 Å². The predicted molar refractivity (Wildman–Crippen MR) is 111 cm³/mol. The van der Waals surface area contributed by atoms with Crippen molar-refractivity contribution in [2.75, 3.05) is 32.8 Å². The van der Waals surface area contributed by atoms with Gasteiger partial charge in [0.05, 0.1) is 19.8 Å². The van der Waals surface area contributed by atoms with E-state index in [0.29, 0.717) is 18.6 Å². The van der Waals surface area contributed by atoms with Crippen LogP contribution in [0.5, 0.6) is 0 Å². The Morgan fingerprint density at radius 3 is 2.72 bits per heavy atom. The number of hydrogen-bond acceptors (Lipinski definition) is 3. The first-order chi connectivity index (χ1) is 11.6. The van der Waals surface area contributed by atoms with Gasteiger partial charge in [0.2, 0.25) is 0 Å². The Hall–Kier alpha value is -0.930. The van der Waals surface area contributed by atoms with Crippen LogP contribution in [-0.2, 0) is 11.3 Å². The zero-order valence-electron chi connectivity index (χ0n) is 15.3. The molecule has 2 rings (SSSR count). The number of aliphatic imine (C=N–C) groups is 1. The van der Waals surface area contributed by atoms with E-state index in [1.807, 2.05) is 6.92 Å². The van der Waals surface area contributed by atoms with Crippen molar-refractivity contribution in [2.45, 2.75) is 39.4 Å². The first-order valence-electron chi connectivity index (χ1n) is 8.70. The lowest BCUT2D eigenvalue weighted by molar-refractivity contribution is -0.0174. The fourth-order valence-corrected chi connectivity index (χ4v) is 2.86. The largest absolute Gasteiger partial charge is 0.379 e. The van der Waals surface area contributed by atoms with Gasteiger partial charge < -0.3 is 15.4 Å². The van der Waals surface area contributed by atoms with Crippen LogP contribution in [0, 0.1) is 5.82 Å². The zero-order chi connectivity index (χ0) is 17.4. The number of nitrogens with zero attached hydrogens (tertiary/aromatic N) is 2. The van der Waals surface area contributed by atoms with Crippen LogP contribution in [0.3, 0.4) is 0 Å². The molecule has 0 saturated carbocycles. The minimum absolute atomic E-state index is 0. The molecule has 1 fully saturated rings.